The van der Waals surface area contributed by atoms with Gasteiger partial charge in [0, 0.05) is 20.0 Å². The quantitative estimate of drug-likeness (QED) is 0.671. The number of carboxylic acid groups (broad SMARTS) is 1. The van der Waals surface area contributed by atoms with E-state index >= 15 is 0 Å². The SMILES string of the molecule is Cc1nn(C)c(=O)c(C(=O)NCCCCCCCC(=O)O)c1C. The van der Waals surface area contributed by atoms with E-state index in [1.165, 1.54) is 11.7 Å². The van der Waals surface area contributed by atoms with Crippen LogP contribution in [0.2, 0.25) is 0 Å². The minimum absolute atomic E-state index is 0.154. The Hall–Kier alpha value is -2.18. The molecule has 23 heavy (non-hydrogen) atoms. The van der Waals surface area contributed by atoms with Gasteiger partial charge >= 0.3 is 5.97 Å². The Morgan fingerprint density at radius 2 is 1.74 bits per heavy atom. The highest BCUT2D eigenvalue weighted by Crippen LogP contribution is 2.07. The Bertz CT molecular complexity index is 622. The molecule has 0 spiro atoms. The predicted molar refractivity (Wildman–Crippen MR) is 86.6 cm³/mol. The summed E-state index contributed by atoms with van der Waals surface area (Å²) in [5, 5.41) is 15.3. The van der Waals surface area contributed by atoms with Crippen molar-refractivity contribution in [1.82, 2.24) is 15.1 Å². The summed E-state index contributed by atoms with van der Waals surface area (Å²) < 4.78 is 1.18. The summed E-state index contributed by atoms with van der Waals surface area (Å²) in [4.78, 5) is 34.6. The second-order valence-corrected chi connectivity index (χ2v) is 5.68. The number of carbonyl (C=O) groups is 2. The van der Waals surface area contributed by atoms with Gasteiger partial charge in [0.1, 0.15) is 5.56 Å². The summed E-state index contributed by atoms with van der Waals surface area (Å²) >= 11 is 0. The van der Waals surface area contributed by atoms with E-state index in [0.717, 1.165) is 25.7 Å². The fraction of sp³-hybridized carbons (Fsp3) is 0.625. The molecule has 0 bridgehead atoms. The molecule has 7 heteroatoms. The maximum Gasteiger partial charge on any atom is 0.303 e. The maximum atomic E-state index is 12.2. The number of hydrogen-bond donors (Lipinski definition) is 2. The molecule has 0 radical (unpaired) electrons. The zero-order chi connectivity index (χ0) is 17.4. The van der Waals surface area contributed by atoms with E-state index in [1.807, 2.05) is 0 Å². The molecule has 0 saturated carbocycles. The van der Waals surface area contributed by atoms with Gasteiger partial charge in [-0.3, -0.25) is 14.4 Å². The van der Waals surface area contributed by atoms with Gasteiger partial charge in [-0.1, -0.05) is 19.3 Å². The number of nitrogens with one attached hydrogen (secondary N) is 1. The van der Waals surface area contributed by atoms with Crippen LogP contribution in [0, 0.1) is 13.8 Å². The number of aromatic nitrogens is 2. The van der Waals surface area contributed by atoms with Gasteiger partial charge in [-0.05, 0) is 32.3 Å². The van der Waals surface area contributed by atoms with Crippen LogP contribution < -0.4 is 10.9 Å². The molecular formula is C16H25N3O4. The number of rotatable bonds is 9. The van der Waals surface area contributed by atoms with Crippen molar-refractivity contribution in [1.29, 1.82) is 0 Å². The molecular weight excluding hydrogens is 298 g/mol. The van der Waals surface area contributed by atoms with Crippen LogP contribution in [-0.2, 0) is 11.8 Å². The third kappa shape index (κ3) is 5.84. The summed E-state index contributed by atoms with van der Waals surface area (Å²) in [6, 6.07) is 0. The van der Waals surface area contributed by atoms with Gasteiger partial charge in [0.25, 0.3) is 11.5 Å². The highest BCUT2D eigenvalue weighted by molar-refractivity contribution is 5.95. The smallest absolute Gasteiger partial charge is 0.303 e. The lowest BCUT2D eigenvalue weighted by molar-refractivity contribution is -0.137. The molecule has 1 aromatic rings. The average Bonchev–Trinajstić information content (AvgIpc) is 2.48. The summed E-state index contributed by atoms with van der Waals surface area (Å²) in [7, 11) is 1.53. The monoisotopic (exact) mass is 323 g/mol. The third-order valence-electron chi connectivity index (χ3n) is 3.81. The number of unbranched alkanes of at least 4 members (excludes halogenated alkanes) is 4. The van der Waals surface area contributed by atoms with Gasteiger partial charge in [0.2, 0.25) is 0 Å². The molecule has 0 saturated heterocycles. The molecule has 0 aliphatic carbocycles. The summed E-state index contributed by atoms with van der Waals surface area (Å²) in [5.41, 5.74) is 1.04. The second kappa shape index (κ2) is 9.07. The zero-order valence-corrected chi connectivity index (χ0v) is 14.0. The van der Waals surface area contributed by atoms with Gasteiger partial charge < -0.3 is 10.4 Å². The van der Waals surface area contributed by atoms with E-state index in [9.17, 15) is 14.4 Å². The minimum atomic E-state index is -0.762. The van der Waals surface area contributed by atoms with Crippen LogP contribution in [0.15, 0.2) is 4.79 Å². The van der Waals surface area contributed by atoms with Crippen molar-refractivity contribution in [2.75, 3.05) is 6.54 Å². The molecule has 0 aromatic carbocycles. The van der Waals surface area contributed by atoms with Crippen molar-refractivity contribution in [2.45, 2.75) is 52.4 Å². The van der Waals surface area contributed by atoms with Crippen LogP contribution in [0.5, 0.6) is 0 Å². The van der Waals surface area contributed by atoms with Crippen molar-refractivity contribution in [2.24, 2.45) is 7.05 Å². The summed E-state index contributed by atoms with van der Waals surface area (Å²) in [6.07, 6.45) is 4.45. The molecule has 1 amide bonds. The molecule has 1 aromatic heterocycles. The van der Waals surface area contributed by atoms with Crippen LogP contribution in [0.1, 0.15) is 60.1 Å². The lowest BCUT2D eigenvalue weighted by Crippen LogP contribution is -2.35. The van der Waals surface area contributed by atoms with Crippen LogP contribution >= 0.6 is 0 Å². The number of aryl methyl sites for hydroxylation is 2. The largest absolute Gasteiger partial charge is 0.481 e. The van der Waals surface area contributed by atoms with Crippen molar-refractivity contribution in [3.8, 4) is 0 Å². The summed E-state index contributed by atoms with van der Waals surface area (Å²) in [6.45, 7) is 3.99. The van der Waals surface area contributed by atoms with E-state index in [1.54, 1.807) is 13.8 Å². The Kier molecular flexibility index (Phi) is 7.44. The topological polar surface area (TPSA) is 101 Å². The molecule has 0 fully saturated rings. The number of nitrogens with zero attached hydrogens (tertiary/aromatic N) is 2. The standard InChI is InChI=1S/C16H25N3O4/c1-11-12(2)18-19(3)16(23)14(11)15(22)17-10-8-6-4-5-7-9-13(20)21/h4-10H2,1-3H3,(H,17,22)(H,20,21). The molecule has 2 N–H and O–H groups in total. The minimum Gasteiger partial charge on any atom is -0.481 e. The first-order valence-corrected chi connectivity index (χ1v) is 7.89. The molecule has 1 heterocycles. The van der Waals surface area contributed by atoms with E-state index in [0.29, 0.717) is 24.2 Å². The number of carbonyl (C=O) groups excluding carboxylic acids is 1. The number of carboxylic acids is 1. The first-order valence-electron chi connectivity index (χ1n) is 7.89. The van der Waals surface area contributed by atoms with E-state index in [2.05, 4.69) is 10.4 Å². The van der Waals surface area contributed by atoms with Crippen molar-refractivity contribution in [3.05, 3.63) is 27.2 Å². The maximum absolute atomic E-state index is 12.2. The highest BCUT2D eigenvalue weighted by Gasteiger charge is 2.17. The fourth-order valence-electron chi connectivity index (χ4n) is 2.34. The molecule has 128 valence electrons. The molecule has 1 rings (SSSR count). The number of amides is 1. The Morgan fingerprint density at radius 1 is 1.13 bits per heavy atom. The van der Waals surface area contributed by atoms with Crippen LogP contribution in [0.25, 0.3) is 0 Å². The number of hydrogen-bond acceptors (Lipinski definition) is 4. The Morgan fingerprint density at radius 3 is 2.39 bits per heavy atom. The molecule has 0 aliphatic heterocycles. The van der Waals surface area contributed by atoms with Crippen LogP contribution in [0.3, 0.4) is 0 Å². The van der Waals surface area contributed by atoms with Gasteiger partial charge in [-0.25, -0.2) is 4.68 Å². The Labute approximate surface area is 135 Å². The van der Waals surface area contributed by atoms with Gasteiger partial charge in [0.05, 0.1) is 5.69 Å². The van der Waals surface area contributed by atoms with Crippen LogP contribution in [-0.4, -0.2) is 33.3 Å². The lowest BCUT2D eigenvalue weighted by Gasteiger charge is -2.10. The van der Waals surface area contributed by atoms with Crippen LogP contribution in [0.4, 0.5) is 0 Å². The summed E-state index contributed by atoms with van der Waals surface area (Å²) in [5.74, 6) is -1.12. The molecule has 0 unspecified atom stereocenters. The third-order valence-corrected chi connectivity index (χ3v) is 3.81. The van der Waals surface area contributed by atoms with Crippen molar-refractivity contribution >= 4 is 11.9 Å². The van der Waals surface area contributed by atoms with E-state index in [4.69, 9.17) is 5.11 Å². The van der Waals surface area contributed by atoms with Crippen molar-refractivity contribution < 1.29 is 14.7 Å². The second-order valence-electron chi connectivity index (χ2n) is 5.68. The van der Waals surface area contributed by atoms with Gasteiger partial charge in [0.15, 0.2) is 0 Å². The predicted octanol–water partition coefficient (Wildman–Crippen LogP) is 1.55. The molecule has 0 atom stereocenters. The van der Waals surface area contributed by atoms with E-state index in [-0.39, 0.29) is 23.5 Å². The van der Waals surface area contributed by atoms with Gasteiger partial charge in [-0.15, -0.1) is 0 Å². The number of aliphatic carboxylic acids is 1. The normalized spacial score (nSPS) is 10.6. The highest BCUT2D eigenvalue weighted by atomic mass is 16.4. The van der Waals surface area contributed by atoms with E-state index < -0.39 is 5.97 Å². The molecule has 0 aliphatic rings. The average molecular weight is 323 g/mol. The first-order chi connectivity index (χ1) is 10.8. The lowest BCUT2D eigenvalue weighted by atomic mass is 10.1. The first kappa shape index (κ1) is 18.9. The van der Waals surface area contributed by atoms with Gasteiger partial charge in [-0.2, -0.15) is 5.10 Å². The fourth-order valence-corrected chi connectivity index (χ4v) is 2.34. The zero-order valence-electron chi connectivity index (χ0n) is 14.0. The Balaban J connectivity index is 2.38. The molecule has 7 nitrogen and oxygen atoms in total. The van der Waals surface area contributed by atoms with Crippen molar-refractivity contribution in [3.63, 3.8) is 0 Å².